The number of nitrogens with zero attached hydrogens (tertiary/aromatic N) is 2. The van der Waals surface area contributed by atoms with E-state index >= 15 is 0 Å². The molecule has 5 heteroatoms. The Kier molecular flexibility index (Phi) is 2.20. The molecule has 66 valence electrons. The van der Waals surface area contributed by atoms with E-state index in [1.54, 1.807) is 24.7 Å². The fourth-order valence-corrected chi connectivity index (χ4v) is 1.26. The number of hydrogen-bond acceptors (Lipinski definition) is 2. The van der Waals surface area contributed by atoms with E-state index in [1.165, 1.54) is 0 Å². The Morgan fingerprint density at radius 3 is 2.62 bits per heavy atom. The van der Waals surface area contributed by atoms with Crippen LogP contribution >= 0.6 is 23.2 Å². The van der Waals surface area contributed by atoms with Crippen LogP contribution in [0.5, 0.6) is 0 Å². The zero-order valence-corrected chi connectivity index (χ0v) is 7.97. The highest BCUT2D eigenvalue weighted by atomic mass is 35.5. The maximum absolute atomic E-state index is 5.81. The van der Waals surface area contributed by atoms with Gasteiger partial charge in [0.25, 0.3) is 0 Å². The van der Waals surface area contributed by atoms with E-state index in [2.05, 4.69) is 15.2 Å². The third-order valence-corrected chi connectivity index (χ3v) is 2.31. The second-order valence-corrected chi connectivity index (χ2v) is 3.25. The first-order chi connectivity index (χ1) is 6.27. The lowest BCUT2D eigenvalue weighted by Crippen LogP contribution is -1.79. The lowest BCUT2D eigenvalue weighted by atomic mass is 10.2. The zero-order chi connectivity index (χ0) is 9.26. The molecule has 0 aliphatic heterocycles. The molecule has 13 heavy (non-hydrogen) atoms. The topological polar surface area (TPSA) is 41.6 Å². The molecule has 0 saturated heterocycles. The number of rotatable bonds is 1. The van der Waals surface area contributed by atoms with Gasteiger partial charge >= 0.3 is 0 Å². The summed E-state index contributed by atoms with van der Waals surface area (Å²) in [6.07, 6.45) is 5.11. The molecule has 2 rings (SSSR count). The largest absolute Gasteiger partial charge is 0.285 e. The average Bonchev–Trinajstić information content (AvgIpc) is 2.62. The first-order valence-corrected chi connectivity index (χ1v) is 4.33. The van der Waals surface area contributed by atoms with Crippen LogP contribution < -0.4 is 0 Å². The molecule has 1 N–H and O–H groups in total. The lowest BCUT2D eigenvalue weighted by Gasteiger charge is -1.98. The summed E-state index contributed by atoms with van der Waals surface area (Å²) in [6, 6.07) is 1.75. The van der Waals surface area contributed by atoms with Crippen molar-refractivity contribution in [3.05, 3.63) is 34.8 Å². The van der Waals surface area contributed by atoms with E-state index in [1.807, 2.05) is 0 Å². The molecule has 0 atom stereocenters. The summed E-state index contributed by atoms with van der Waals surface area (Å²) < 4.78 is 0. The third-order valence-electron chi connectivity index (χ3n) is 1.63. The minimum Gasteiger partial charge on any atom is -0.285 e. The number of nitrogens with one attached hydrogen (secondary N) is 1. The van der Waals surface area contributed by atoms with Gasteiger partial charge in [-0.2, -0.15) is 5.10 Å². The minimum atomic E-state index is 0.314. The van der Waals surface area contributed by atoms with Gasteiger partial charge in [0.05, 0.1) is 11.2 Å². The van der Waals surface area contributed by atoms with Gasteiger partial charge in [0.1, 0.15) is 5.15 Å². The van der Waals surface area contributed by atoms with Crippen LogP contribution in [0.1, 0.15) is 0 Å². The highest BCUT2D eigenvalue weighted by Crippen LogP contribution is 2.25. The second-order valence-electron chi connectivity index (χ2n) is 2.48. The van der Waals surface area contributed by atoms with Crippen LogP contribution in [0.3, 0.4) is 0 Å². The quantitative estimate of drug-likeness (QED) is 0.741. The molecule has 0 amide bonds. The summed E-state index contributed by atoms with van der Waals surface area (Å²) in [6.45, 7) is 0. The molecule has 2 aromatic heterocycles. The number of H-pyrrole nitrogens is 1. The van der Waals surface area contributed by atoms with Crippen molar-refractivity contribution in [2.45, 2.75) is 0 Å². The maximum Gasteiger partial charge on any atom is 0.147 e. The summed E-state index contributed by atoms with van der Waals surface area (Å²) in [5.41, 5.74) is 1.83. The molecular weight excluding hydrogens is 209 g/mol. The molecule has 0 bridgehead atoms. The number of aromatic nitrogens is 3. The normalized spacial score (nSPS) is 10.3. The Hall–Kier alpha value is -1.06. The van der Waals surface area contributed by atoms with Crippen LogP contribution in [0.2, 0.25) is 10.2 Å². The Bertz CT molecular complexity index is 411. The van der Waals surface area contributed by atoms with Gasteiger partial charge in [0, 0.05) is 23.5 Å². The SMILES string of the molecule is Clc1cc(-c2cn[nH]c2)cnc1Cl. The van der Waals surface area contributed by atoms with Gasteiger partial charge in [-0.25, -0.2) is 4.98 Å². The predicted molar refractivity (Wildman–Crippen MR) is 51.8 cm³/mol. The van der Waals surface area contributed by atoms with Crippen LogP contribution in [0, 0.1) is 0 Å². The van der Waals surface area contributed by atoms with Crippen LogP contribution in [0.4, 0.5) is 0 Å². The summed E-state index contributed by atoms with van der Waals surface area (Å²) in [4.78, 5) is 3.93. The first-order valence-electron chi connectivity index (χ1n) is 3.57. The highest BCUT2D eigenvalue weighted by molar-refractivity contribution is 6.41. The number of pyridine rings is 1. The third kappa shape index (κ3) is 1.66. The van der Waals surface area contributed by atoms with Crippen LogP contribution in [0.25, 0.3) is 11.1 Å². The van der Waals surface area contributed by atoms with Gasteiger partial charge in [0.15, 0.2) is 0 Å². The van der Waals surface area contributed by atoms with E-state index in [0.29, 0.717) is 10.2 Å². The van der Waals surface area contributed by atoms with Gasteiger partial charge in [-0.3, -0.25) is 5.10 Å². The molecule has 0 fully saturated rings. The van der Waals surface area contributed by atoms with Crippen LogP contribution in [-0.2, 0) is 0 Å². The van der Waals surface area contributed by atoms with Crippen molar-refractivity contribution in [2.24, 2.45) is 0 Å². The number of halogens is 2. The fraction of sp³-hybridized carbons (Fsp3) is 0. The monoisotopic (exact) mass is 213 g/mol. The summed E-state index contributed by atoms with van der Waals surface area (Å²) >= 11 is 11.5. The molecular formula is C8H5Cl2N3. The Balaban J connectivity index is 2.49. The highest BCUT2D eigenvalue weighted by Gasteiger charge is 2.03. The molecule has 3 nitrogen and oxygen atoms in total. The molecule has 2 aromatic rings. The molecule has 0 spiro atoms. The average molecular weight is 214 g/mol. The Morgan fingerprint density at radius 1 is 1.15 bits per heavy atom. The van der Waals surface area contributed by atoms with Crippen molar-refractivity contribution in [2.75, 3.05) is 0 Å². The van der Waals surface area contributed by atoms with Gasteiger partial charge in [0.2, 0.25) is 0 Å². The molecule has 0 aliphatic carbocycles. The van der Waals surface area contributed by atoms with E-state index in [4.69, 9.17) is 23.2 Å². The van der Waals surface area contributed by atoms with Gasteiger partial charge in [-0.15, -0.1) is 0 Å². The second kappa shape index (κ2) is 3.36. The Morgan fingerprint density at radius 2 is 2.00 bits per heavy atom. The van der Waals surface area contributed by atoms with E-state index in [0.717, 1.165) is 11.1 Å². The Labute approximate surface area is 84.7 Å². The van der Waals surface area contributed by atoms with Gasteiger partial charge in [-0.05, 0) is 6.07 Å². The van der Waals surface area contributed by atoms with Crippen molar-refractivity contribution in [1.82, 2.24) is 15.2 Å². The van der Waals surface area contributed by atoms with Crippen molar-refractivity contribution >= 4 is 23.2 Å². The predicted octanol–water partition coefficient (Wildman–Crippen LogP) is 2.78. The summed E-state index contributed by atoms with van der Waals surface area (Å²) in [5, 5.41) is 7.29. The molecule has 2 heterocycles. The van der Waals surface area contributed by atoms with Crippen molar-refractivity contribution in [3.63, 3.8) is 0 Å². The molecule has 0 unspecified atom stereocenters. The fourth-order valence-electron chi connectivity index (χ4n) is 0.988. The van der Waals surface area contributed by atoms with Crippen LogP contribution in [0.15, 0.2) is 24.7 Å². The molecule has 0 aromatic carbocycles. The van der Waals surface area contributed by atoms with E-state index in [-0.39, 0.29) is 0 Å². The zero-order valence-electron chi connectivity index (χ0n) is 6.46. The van der Waals surface area contributed by atoms with E-state index in [9.17, 15) is 0 Å². The molecule has 0 saturated carbocycles. The van der Waals surface area contributed by atoms with E-state index < -0.39 is 0 Å². The van der Waals surface area contributed by atoms with Gasteiger partial charge in [-0.1, -0.05) is 23.2 Å². The molecule has 0 radical (unpaired) electrons. The lowest BCUT2D eigenvalue weighted by molar-refractivity contribution is 1.09. The van der Waals surface area contributed by atoms with Crippen molar-refractivity contribution < 1.29 is 0 Å². The summed E-state index contributed by atoms with van der Waals surface area (Å²) in [5.74, 6) is 0. The number of aromatic amines is 1. The number of hydrogen-bond donors (Lipinski definition) is 1. The summed E-state index contributed by atoms with van der Waals surface area (Å²) in [7, 11) is 0. The minimum absolute atomic E-state index is 0.314. The maximum atomic E-state index is 5.81. The standard InChI is InChI=1S/C8H5Cl2N3/c9-7-1-5(2-11-8(7)10)6-3-12-13-4-6/h1-4H,(H,12,13). The molecule has 0 aliphatic rings. The van der Waals surface area contributed by atoms with Gasteiger partial charge < -0.3 is 0 Å². The smallest absolute Gasteiger partial charge is 0.147 e. The van der Waals surface area contributed by atoms with Crippen molar-refractivity contribution in [1.29, 1.82) is 0 Å². The first kappa shape index (κ1) is 8.53. The van der Waals surface area contributed by atoms with Crippen molar-refractivity contribution in [3.8, 4) is 11.1 Å². The van der Waals surface area contributed by atoms with Crippen LogP contribution in [-0.4, -0.2) is 15.2 Å².